The van der Waals surface area contributed by atoms with Crippen molar-refractivity contribution in [2.75, 3.05) is 39.3 Å². The second kappa shape index (κ2) is 9.35. The zero-order valence-corrected chi connectivity index (χ0v) is 17.4. The molecule has 156 valence electrons. The molecule has 3 aliphatic rings. The van der Waals surface area contributed by atoms with Crippen molar-refractivity contribution in [1.29, 1.82) is 0 Å². The molecular formula is C21H36N6O. The van der Waals surface area contributed by atoms with Gasteiger partial charge in [0.15, 0.2) is 0 Å². The van der Waals surface area contributed by atoms with Gasteiger partial charge in [-0.3, -0.25) is 9.69 Å². The molecule has 0 bridgehead atoms. The van der Waals surface area contributed by atoms with Crippen LogP contribution in [-0.2, 0) is 17.8 Å². The number of fused-ring (bicyclic) bond motifs is 1. The van der Waals surface area contributed by atoms with Crippen LogP contribution in [-0.4, -0.2) is 75.8 Å². The van der Waals surface area contributed by atoms with Crippen LogP contribution in [0.5, 0.6) is 0 Å². The summed E-state index contributed by atoms with van der Waals surface area (Å²) in [4.78, 5) is 17.4. The molecular weight excluding hydrogens is 352 g/mol. The van der Waals surface area contributed by atoms with Gasteiger partial charge in [0.1, 0.15) is 11.6 Å². The molecule has 0 saturated carbocycles. The van der Waals surface area contributed by atoms with Gasteiger partial charge in [-0.1, -0.05) is 13.3 Å². The number of rotatable bonds is 5. The number of hydrogen-bond acceptors (Lipinski definition) is 5. The average Bonchev–Trinajstić information content (AvgIpc) is 2.97. The Balaban J connectivity index is 1.29. The Morgan fingerprint density at radius 2 is 1.86 bits per heavy atom. The first-order chi connectivity index (χ1) is 13.7. The van der Waals surface area contributed by atoms with Gasteiger partial charge >= 0.3 is 0 Å². The van der Waals surface area contributed by atoms with Crippen LogP contribution in [0.25, 0.3) is 0 Å². The van der Waals surface area contributed by atoms with E-state index in [9.17, 15) is 4.79 Å². The minimum Gasteiger partial charge on any atom is -0.352 e. The Kier molecular flexibility index (Phi) is 6.62. The summed E-state index contributed by atoms with van der Waals surface area (Å²) in [5.74, 6) is 2.93. The number of nitrogens with one attached hydrogen (secondary N) is 1. The molecule has 7 heteroatoms. The smallest absolute Gasteiger partial charge is 0.234 e. The van der Waals surface area contributed by atoms with Crippen LogP contribution in [0.2, 0.25) is 0 Å². The van der Waals surface area contributed by atoms with Crippen molar-refractivity contribution in [3.8, 4) is 0 Å². The third-order valence-corrected chi connectivity index (χ3v) is 6.78. The number of hydrogen-bond donors (Lipinski definition) is 1. The van der Waals surface area contributed by atoms with Crippen LogP contribution in [0.15, 0.2) is 0 Å². The first-order valence-electron chi connectivity index (χ1n) is 11.4. The van der Waals surface area contributed by atoms with Crippen molar-refractivity contribution in [2.24, 2.45) is 0 Å². The van der Waals surface area contributed by atoms with Gasteiger partial charge in [-0.15, -0.1) is 10.2 Å². The summed E-state index contributed by atoms with van der Waals surface area (Å²) in [7, 11) is 0. The minimum absolute atomic E-state index is 0.190. The summed E-state index contributed by atoms with van der Waals surface area (Å²) >= 11 is 0. The molecule has 0 radical (unpaired) electrons. The standard InChI is InChI=1S/C21H36N6O/c1-2-25-13-9-18(10-14-25)22-20(28)16-26-11-6-7-17(15-26)21-24-23-19-8-4-3-5-12-27(19)21/h17-18H,2-16H2,1H3,(H,22,28). The number of likely N-dealkylation sites (tertiary alicyclic amines) is 2. The van der Waals surface area contributed by atoms with E-state index in [0.29, 0.717) is 18.5 Å². The summed E-state index contributed by atoms with van der Waals surface area (Å²) in [6, 6.07) is 0.350. The average molecular weight is 389 g/mol. The maximum absolute atomic E-state index is 12.6. The van der Waals surface area contributed by atoms with Crippen molar-refractivity contribution in [2.45, 2.75) is 76.8 Å². The zero-order valence-electron chi connectivity index (χ0n) is 17.4. The molecule has 3 aliphatic heterocycles. The topological polar surface area (TPSA) is 66.3 Å². The molecule has 1 aromatic rings. The number of nitrogens with zero attached hydrogens (tertiary/aromatic N) is 5. The fraction of sp³-hybridized carbons (Fsp3) is 0.857. The molecule has 7 nitrogen and oxygen atoms in total. The summed E-state index contributed by atoms with van der Waals surface area (Å²) in [6.45, 7) is 9.05. The normalized spacial score (nSPS) is 25.2. The minimum atomic E-state index is 0.190. The van der Waals surface area contributed by atoms with E-state index in [1.165, 1.54) is 25.1 Å². The molecule has 1 unspecified atom stereocenters. The molecule has 1 amide bonds. The lowest BCUT2D eigenvalue weighted by Gasteiger charge is -2.34. The van der Waals surface area contributed by atoms with E-state index in [0.717, 1.165) is 77.2 Å². The van der Waals surface area contributed by atoms with Gasteiger partial charge < -0.3 is 14.8 Å². The van der Waals surface area contributed by atoms with Crippen LogP contribution < -0.4 is 5.32 Å². The van der Waals surface area contributed by atoms with Gasteiger partial charge in [0.2, 0.25) is 5.91 Å². The van der Waals surface area contributed by atoms with Crippen LogP contribution in [0.3, 0.4) is 0 Å². The fourth-order valence-electron chi connectivity index (χ4n) is 5.09. The van der Waals surface area contributed by atoms with Gasteiger partial charge in [0.05, 0.1) is 6.54 Å². The Morgan fingerprint density at radius 1 is 1.00 bits per heavy atom. The quantitative estimate of drug-likeness (QED) is 0.833. The van der Waals surface area contributed by atoms with E-state index >= 15 is 0 Å². The van der Waals surface area contributed by atoms with Gasteiger partial charge in [-0.05, 0) is 51.6 Å². The number of carbonyl (C=O) groups is 1. The lowest BCUT2D eigenvalue weighted by atomic mass is 9.97. The molecule has 2 saturated heterocycles. The van der Waals surface area contributed by atoms with Crippen molar-refractivity contribution in [1.82, 2.24) is 29.9 Å². The predicted octanol–water partition coefficient (Wildman–Crippen LogP) is 1.78. The van der Waals surface area contributed by atoms with Crippen molar-refractivity contribution >= 4 is 5.91 Å². The number of aromatic nitrogens is 3. The molecule has 0 spiro atoms. The Labute approximate surface area is 168 Å². The summed E-state index contributed by atoms with van der Waals surface area (Å²) in [5, 5.41) is 12.3. The number of aryl methyl sites for hydroxylation is 1. The van der Waals surface area contributed by atoms with Crippen LogP contribution in [0.1, 0.15) is 69.4 Å². The number of amides is 1. The van der Waals surface area contributed by atoms with E-state index in [1.807, 2.05) is 0 Å². The van der Waals surface area contributed by atoms with Crippen LogP contribution in [0, 0.1) is 0 Å². The van der Waals surface area contributed by atoms with Gasteiger partial charge in [-0.25, -0.2) is 0 Å². The summed E-state index contributed by atoms with van der Waals surface area (Å²) in [5.41, 5.74) is 0. The van der Waals surface area contributed by atoms with Gasteiger partial charge in [0, 0.05) is 44.6 Å². The maximum Gasteiger partial charge on any atom is 0.234 e. The highest BCUT2D eigenvalue weighted by atomic mass is 16.2. The Hall–Kier alpha value is -1.47. The van der Waals surface area contributed by atoms with Crippen molar-refractivity contribution in [3.63, 3.8) is 0 Å². The third-order valence-electron chi connectivity index (χ3n) is 6.78. The lowest BCUT2D eigenvalue weighted by Crippen LogP contribution is -2.48. The van der Waals surface area contributed by atoms with Gasteiger partial charge in [0.25, 0.3) is 0 Å². The monoisotopic (exact) mass is 388 g/mol. The Bertz CT molecular complexity index is 651. The van der Waals surface area contributed by atoms with E-state index in [1.54, 1.807) is 0 Å². The van der Waals surface area contributed by atoms with E-state index in [2.05, 4.69) is 36.8 Å². The largest absolute Gasteiger partial charge is 0.352 e. The molecule has 1 atom stereocenters. The third kappa shape index (κ3) is 4.74. The molecule has 4 heterocycles. The molecule has 0 aromatic carbocycles. The van der Waals surface area contributed by atoms with E-state index in [-0.39, 0.29) is 5.91 Å². The first-order valence-corrected chi connectivity index (χ1v) is 11.4. The van der Waals surface area contributed by atoms with Crippen molar-refractivity contribution < 1.29 is 4.79 Å². The Morgan fingerprint density at radius 3 is 2.68 bits per heavy atom. The number of carbonyl (C=O) groups excluding carboxylic acids is 1. The summed E-state index contributed by atoms with van der Waals surface area (Å²) in [6.07, 6.45) is 9.25. The first kappa shape index (κ1) is 19.8. The van der Waals surface area contributed by atoms with E-state index in [4.69, 9.17) is 0 Å². The SMILES string of the molecule is CCN1CCC(NC(=O)CN2CCCC(c3nnc4n3CCCCC4)C2)CC1. The molecule has 1 aromatic heterocycles. The van der Waals surface area contributed by atoms with Crippen LogP contribution >= 0.6 is 0 Å². The van der Waals surface area contributed by atoms with Crippen LogP contribution in [0.4, 0.5) is 0 Å². The maximum atomic E-state index is 12.6. The predicted molar refractivity (Wildman–Crippen MR) is 109 cm³/mol. The second-order valence-electron chi connectivity index (χ2n) is 8.79. The molecule has 2 fully saturated rings. The lowest BCUT2D eigenvalue weighted by molar-refractivity contribution is -0.123. The highest BCUT2D eigenvalue weighted by Crippen LogP contribution is 2.27. The highest BCUT2D eigenvalue weighted by molar-refractivity contribution is 5.78. The zero-order chi connectivity index (χ0) is 19.3. The molecule has 4 rings (SSSR count). The fourth-order valence-corrected chi connectivity index (χ4v) is 5.09. The number of piperidine rings is 2. The van der Waals surface area contributed by atoms with Crippen molar-refractivity contribution in [3.05, 3.63) is 11.6 Å². The molecule has 1 N–H and O–H groups in total. The second-order valence-corrected chi connectivity index (χ2v) is 8.79. The highest BCUT2D eigenvalue weighted by Gasteiger charge is 2.28. The summed E-state index contributed by atoms with van der Waals surface area (Å²) < 4.78 is 2.38. The van der Waals surface area contributed by atoms with Gasteiger partial charge in [-0.2, -0.15) is 0 Å². The van der Waals surface area contributed by atoms with E-state index < -0.39 is 0 Å². The molecule has 28 heavy (non-hydrogen) atoms. The molecule has 0 aliphatic carbocycles.